The maximum absolute atomic E-state index is 13.2. The van der Waals surface area contributed by atoms with Crippen LogP contribution in [0.2, 0.25) is 0 Å². The molecule has 0 bridgehead atoms. The van der Waals surface area contributed by atoms with Gasteiger partial charge in [-0.1, -0.05) is 51.1 Å². The van der Waals surface area contributed by atoms with E-state index in [0.29, 0.717) is 23.8 Å². The van der Waals surface area contributed by atoms with Gasteiger partial charge in [0.25, 0.3) is 0 Å². The monoisotopic (exact) mass is 419 g/mol. The van der Waals surface area contributed by atoms with Crippen LogP contribution in [0.3, 0.4) is 0 Å². The lowest BCUT2D eigenvalue weighted by molar-refractivity contribution is 0.178. The second-order valence-electron chi connectivity index (χ2n) is 7.17. The lowest BCUT2D eigenvalue weighted by atomic mass is 10.1. The molecule has 0 aliphatic rings. The Morgan fingerprint density at radius 2 is 1.96 bits per heavy atom. The number of hydrogen-bond acceptors (Lipinski definition) is 5. The van der Waals surface area contributed by atoms with Crippen molar-refractivity contribution in [1.29, 1.82) is 0 Å². The summed E-state index contributed by atoms with van der Waals surface area (Å²) >= 11 is 1.59. The Bertz CT molecular complexity index is 964. The van der Waals surface area contributed by atoms with E-state index < -0.39 is 13.7 Å². The molecule has 0 fully saturated rings. The summed E-state index contributed by atoms with van der Waals surface area (Å²) in [7, 11) is -4.11. The number of benzene rings is 1. The molecule has 1 aromatic carbocycles. The number of thiazole rings is 1. The van der Waals surface area contributed by atoms with Crippen molar-refractivity contribution in [3.05, 3.63) is 58.1 Å². The van der Waals surface area contributed by atoms with Gasteiger partial charge in [-0.05, 0) is 37.3 Å². The molecule has 2 atom stereocenters. The Balaban J connectivity index is 1.95. The van der Waals surface area contributed by atoms with Gasteiger partial charge in [-0.25, -0.2) is 4.98 Å². The van der Waals surface area contributed by atoms with E-state index >= 15 is 0 Å². The minimum Gasteiger partial charge on any atom is -0.462 e. The molecule has 2 aromatic heterocycles. The van der Waals surface area contributed by atoms with Crippen molar-refractivity contribution in [2.24, 2.45) is 5.92 Å². The molecule has 28 heavy (non-hydrogen) atoms. The molecule has 7 heteroatoms. The quantitative estimate of drug-likeness (QED) is 0.461. The molecule has 150 valence electrons. The lowest BCUT2D eigenvalue weighted by Crippen LogP contribution is -2.12. The minimum atomic E-state index is -4.11. The fourth-order valence-electron chi connectivity index (χ4n) is 3.13. The molecule has 0 saturated carbocycles. The molecule has 0 radical (unpaired) electrons. The van der Waals surface area contributed by atoms with E-state index in [1.54, 1.807) is 11.3 Å². The van der Waals surface area contributed by atoms with Crippen LogP contribution in [0.15, 0.2) is 47.1 Å². The van der Waals surface area contributed by atoms with Gasteiger partial charge in [0.05, 0.1) is 17.4 Å². The molecule has 0 aliphatic carbocycles. The van der Waals surface area contributed by atoms with Crippen LogP contribution in [-0.2, 0) is 15.5 Å². The third kappa shape index (κ3) is 4.64. The smallest absolute Gasteiger partial charge is 0.363 e. The number of aryl methyl sites for hydroxylation is 1. The van der Waals surface area contributed by atoms with Crippen LogP contribution in [0.25, 0.3) is 11.5 Å². The first-order valence-electron chi connectivity index (χ1n) is 9.42. The van der Waals surface area contributed by atoms with Crippen molar-refractivity contribution in [1.82, 2.24) is 4.98 Å². The van der Waals surface area contributed by atoms with Crippen LogP contribution in [0.4, 0.5) is 0 Å². The van der Waals surface area contributed by atoms with E-state index in [1.165, 1.54) is 12.3 Å². The van der Waals surface area contributed by atoms with Crippen LogP contribution in [-0.4, -0.2) is 9.88 Å². The zero-order valence-corrected chi connectivity index (χ0v) is 18.3. The highest BCUT2D eigenvalue weighted by molar-refractivity contribution is 7.61. The molecule has 3 rings (SSSR count). The topological polar surface area (TPSA) is 72.6 Å². The Morgan fingerprint density at radius 3 is 2.61 bits per heavy atom. The van der Waals surface area contributed by atoms with Crippen LogP contribution in [0.5, 0.6) is 0 Å². The molecule has 3 aromatic rings. The van der Waals surface area contributed by atoms with Gasteiger partial charge in [-0.15, -0.1) is 11.3 Å². The number of nitrogens with zero attached hydrogens (tertiary/aromatic N) is 1. The fraction of sp³-hybridized carbons (Fsp3) is 0.381. The third-order valence-corrected chi connectivity index (χ3v) is 6.87. The van der Waals surface area contributed by atoms with Crippen molar-refractivity contribution >= 4 is 24.2 Å². The minimum absolute atomic E-state index is 0.164. The van der Waals surface area contributed by atoms with Crippen LogP contribution >= 0.6 is 18.9 Å². The SMILES string of the molecule is CCC(OP(=O)(O)c1ccoc1-c1nc(C)sc1CC(C)C)c1ccccc1. The van der Waals surface area contributed by atoms with Gasteiger partial charge in [-0.2, -0.15) is 0 Å². The molecule has 1 N–H and O–H groups in total. The first-order chi connectivity index (χ1) is 13.3. The van der Waals surface area contributed by atoms with Gasteiger partial charge in [0.15, 0.2) is 5.76 Å². The van der Waals surface area contributed by atoms with E-state index in [2.05, 4.69) is 18.8 Å². The highest BCUT2D eigenvalue weighted by atomic mass is 32.1. The Morgan fingerprint density at radius 1 is 1.25 bits per heavy atom. The van der Waals surface area contributed by atoms with E-state index in [0.717, 1.165) is 21.9 Å². The molecule has 0 saturated heterocycles. The van der Waals surface area contributed by atoms with E-state index in [4.69, 9.17) is 8.94 Å². The van der Waals surface area contributed by atoms with Crippen molar-refractivity contribution in [3.63, 3.8) is 0 Å². The standard InChI is InChI=1S/C21H26NO4PS/c1-5-17(16-9-7-6-8-10-16)26-27(23,24)18-11-12-25-21(18)20-19(13-14(2)3)28-15(4)22-20/h6-12,14,17H,5,13H2,1-4H3,(H,23,24). The predicted octanol–water partition coefficient (Wildman–Crippen LogP) is 5.89. The van der Waals surface area contributed by atoms with Crippen molar-refractivity contribution in [2.75, 3.05) is 0 Å². The summed E-state index contributed by atoms with van der Waals surface area (Å²) in [4.78, 5) is 16.4. The maximum Gasteiger partial charge on any atom is 0.363 e. The fourth-order valence-corrected chi connectivity index (χ4v) is 5.67. The van der Waals surface area contributed by atoms with Gasteiger partial charge >= 0.3 is 7.60 Å². The highest BCUT2D eigenvalue weighted by Gasteiger charge is 2.34. The van der Waals surface area contributed by atoms with Gasteiger partial charge in [0.2, 0.25) is 0 Å². The molecule has 2 heterocycles. The first kappa shape index (κ1) is 21.0. The molecule has 0 spiro atoms. The van der Waals surface area contributed by atoms with Gasteiger partial charge in [-0.3, -0.25) is 9.09 Å². The Hall–Kier alpha value is -1.72. The van der Waals surface area contributed by atoms with Crippen molar-refractivity contribution < 1.29 is 18.4 Å². The van der Waals surface area contributed by atoms with Crippen LogP contribution in [0, 0.1) is 12.8 Å². The molecular formula is C21H26NO4PS. The lowest BCUT2D eigenvalue weighted by Gasteiger charge is -2.20. The van der Waals surface area contributed by atoms with Gasteiger partial charge < -0.3 is 9.31 Å². The third-order valence-electron chi connectivity index (χ3n) is 4.37. The average molecular weight is 419 g/mol. The summed E-state index contributed by atoms with van der Waals surface area (Å²) in [6.07, 6.45) is 2.36. The number of furan rings is 1. The van der Waals surface area contributed by atoms with Crippen molar-refractivity contribution in [2.45, 2.75) is 46.6 Å². The molecule has 2 unspecified atom stereocenters. The molecule has 0 aliphatic heterocycles. The second-order valence-corrected chi connectivity index (χ2v) is 10.2. The zero-order valence-electron chi connectivity index (χ0n) is 16.6. The van der Waals surface area contributed by atoms with E-state index in [1.807, 2.05) is 44.2 Å². The zero-order chi connectivity index (χ0) is 20.3. The van der Waals surface area contributed by atoms with Crippen LogP contribution < -0.4 is 5.30 Å². The first-order valence-corrected chi connectivity index (χ1v) is 11.8. The largest absolute Gasteiger partial charge is 0.462 e. The molecule has 5 nitrogen and oxygen atoms in total. The van der Waals surface area contributed by atoms with Gasteiger partial charge in [0.1, 0.15) is 11.0 Å². The highest BCUT2D eigenvalue weighted by Crippen LogP contribution is 2.49. The summed E-state index contributed by atoms with van der Waals surface area (Å²) in [5.74, 6) is 0.769. The number of aromatic nitrogens is 1. The Labute approximate surface area is 169 Å². The van der Waals surface area contributed by atoms with E-state index in [-0.39, 0.29) is 5.30 Å². The van der Waals surface area contributed by atoms with Crippen LogP contribution in [0.1, 0.15) is 48.7 Å². The Kier molecular flexibility index (Phi) is 6.56. The average Bonchev–Trinajstić information content (AvgIpc) is 3.27. The summed E-state index contributed by atoms with van der Waals surface area (Å²) in [5.41, 5.74) is 1.51. The summed E-state index contributed by atoms with van der Waals surface area (Å²) < 4.78 is 24.6. The van der Waals surface area contributed by atoms with E-state index in [9.17, 15) is 9.46 Å². The number of hydrogen-bond donors (Lipinski definition) is 1. The second kappa shape index (κ2) is 8.75. The summed E-state index contributed by atoms with van der Waals surface area (Å²) in [6.45, 7) is 8.12. The normalized spacial score (nSPS) is 14.9. The molecule has 0 amide bonds. The molecular weight excluding hydrogens is 393 g/mol. The summed E-state index contributed by atoms with van der Waals surface area (Å²) in [6, 6.07) is 11.0. The number of rotatable bonds is 8. The van der Waals surface area contributed by atoms with Gasteiger partial charge in [0, 0.05) is 4.88 Å². The summed E-state index contributed by atoms with van der Waals surface area (Å²) in [5, 5.41) is 1.06. The maximum atomic E-state index is 13.2. The predicted molar refractivity (Wildman–Crippen MR) is 113 cm³/mol. The van der Waals surface area contributed by atoms with Crippen molar-refractivity contribution in [3.8, 4) is 11.5 Å².